The van der Waals surface area contributed by atoms with Crippen LogP contribution in [0.3, 0.4) is 0 Å². The van der Waals surface area contributed by atoms with Crippen LogP contribution in [0.5, 0.6) is 0 Å². The van der Waals surface area contributed by atoms with Gasteiger partial charge in [-0.3, -0.25) is 4.90 Å². The molecule has 1 aromatic carbocycles. The number of hydrogen-bond donors (Lipinski definition) is 0. The lowest BCUT2D eigenvalue weighted by Crippen LogP contribution is -2.55. The van der Waals surface area contributed by atoms with Crippen LogP contribution in [-0.4, -0.2) is 53.8 Å². The van der Waals surface area contributed by atoms with Gasteiger partial charge in [-0.15, -0.1) is 0 Å². The Morgan fingerprint density at radius 1 is 1.27 bits per heavy atom. The van der Waals surface area contributed by atoms with Gasteiger partial charge in [-0.2, -0.15) is 0 Å². The Kier molecular flexibility index (Phi) is 5.40. The lowest BCUT2D eigenvalue weighted by Gasteiger charge is -2.40. The predicted molar refractivity (Wildman–Crippen MR) is 84.4 cm³/mol. The number of nitrogens with zero attached hydrogens (tertiary/aromatic N) is 2. The lowest BCUT2D eigenvalue weighted by molar-refractivity contribution is -0.000708. The molecule has 122 valence electrons. The summed E-state index contributed by atoms with van der Waals surface area (Å²) in [5.41, 5.74) is 0.635. The van der Waals surface area contributed by atoms with Crippen LogP contribution in [0.4, 0.5) is 9.18 Å². The molecule has 1 heterocycles. The quantitative estimate of drug-likeness (QED) is 0.860. The van der Waals surface area contributed by atoms with E-state index in [-0.39, 0.29) is 12.1 Å². The van der Waals surface area contributed by atoms with Crippen LogP contribution in [-0.2, 0) is 11.3 Å². The molecule has 2 rings (SSSR count). The van der Waals surface area contributed by atoms with E-state index in [1.54, 1.807) is 4.90 Å². The molecule has 1 unspecified atom stereocenters. The fraction of sp³-hybridized carbons (Fsp3) is 0.588. The standard InChI is InChI=1S/C17H25FN2O2/c1-17(2,3)22-16(21)20-10-9-19(15(11-18)13-20)12-14-7-5-4-6-8-14/h4-8,15H,9-13H2,1-3H3. The largest absolute Gasteiger partial charge is 0.444 e. The molecule has 0 saturated carbocycles. The number of carbonyl (C=O) groups excluding carboxylic acids is 1. The van der Waals surface area contributed by atoms with Gasteiger partial charge in [-0.25, -0.2) is 9.18 Å². The van der Waals surface area contributed by atoms with Crippen molar-refractivity contribution in [3.63, 3.8) is 0 Å². The van der Waals surface area contributed by atoms with Crippen molar-refractivity contribution in [2.75, 3.05) is 26.3 Å². The third-order valence-electron chi connectivity index (χ3n) is 3.66. The summed E-state index contributed by atoms with van der Waals surface area (Å²) in [6, 6.07) is 9.73. The summed E-state index contributed by atoms with van der Waals surface area (Å²) in [5, 5.41) is 0. The van der Waals surface area contributed by atoms with E-state index in [9.17, 15) is 9.18 Å². The maximum Gasteiger partial charge on any atom is 0.410 e. The smallest absolute Gasteiger partial charge is 0.410 e. The summed E-state index contributed by atoms with van der Waals surface area (Å²) in [6.07, 6.45) is -0.356. The highest BCUT2D eigenvalue weighted by molar-refractivity contribution is 5.68. The van der Waals surface area contributed by atoms with Crippen molar-refractivity contribution in [3.8, 4) is 0 Å². The minimum atomic E-state index is -0.524. The Balaban J connectivity index is 1.95. The summed E-state index contributed by atoms with van der Waals surface area (Å²) >= 11 is 0. The minimum absolute atomic E-state index is 0.276. The van der Waals surface area contributed by atoms with E-state index in [4.69, 9.17) is 4.74 Å². The van der Waals surface area contributed by atoms with Crippen molar-refractivity contribution in [2.24, 2.45) is 0 Å². The van der Waals surface area contributed by atoms with Gasteiger partial charge >= 0.3 is 6.09 Å². The monoisotopic (exact) mass is 308 g/mol. The van der Waals surface area contributed by atoms with Crippen molar-refractivity contribution >= 4 is 6.09 Å². The van der Waals surface area contributed by atoms with Crippen LogP contribution < -0.4 is 0 Å². The molecule has 0 bridgehead atoms. The number of hydrogen-bond acceptors (Lipinski definition) is 3. The van der Waals surface area contributed by atoms with Gasteiger partial charge < -0.3 is 9.64 Å². The summed E-state index contributed by atoms with van der Waals surface area (Å²) in [4.78, 5) is 15.8. The second-order valence-corrected chi connectivity index (χ2v) is 6.69. The number of ether oxygens (including phenoxy) is 1. The van der Waals surface area contributed by atoms with Crippen LogP contribution in [0, 0.1) is 0 Å². The van der Waals surface area contributed by atoms with E-state index in [2.05, 4.69) is 4.90 Å². The SMILES string of the molecule is CC(C)(C)OC(=O)N1CCN(Cc2ccccc2)C(CF)C1. The molecule has 1 atom stereocenters. The highest BCUT2D eigenvalue weighted by Gasteiger charge is 2.31. The number of alkyl halides is 1. The molecule has 0 aliphatic carbocycles. The minimum Gasteiger partial charge on any atom is -0.444 e. The van der Waals surface area contributed by atoms with Crippen LogP contribution in [0.15, 0.2) is 30.3 Å². The van der Waals surface area contributed by atoms with Gasteiger partial charge in [-0.1, -0.05) is 30.3 Å². The highest BCUT2D eigenvalue weighted by atomic mass is 19.1. The van der Waals surface area contributed by atoms with Crippen molar-refractivity contribution in [1.29, 1.82) is 0 Å². The van der Waals surface area contributed by atoms with Crippen LogP contribution in [0.2, 0.25) is 0 Å². The molecule has 1 fully saturated rings. The predicted octanol–water partition coefficient (Wildman–Crippen LogP) is 3.08. The Hall–Kier alpha value is -1.62. The van der Waals surface area contributed by atoms with E-state index in [1.165, 1.54) is 0 Å². The molecule has 1 aromatic rings. The highest BCUT2D eigenvalue weighted by Crippen LogP contribution is 2.17. The van der Waals surface area contributed by atoms with E-state index in [0.29, 0.717) is 26.2 Å². The maximum absolute atomic E-state index is 13.4. The average molecular weight is 308 g/mol. The fourth-order valence-electron chi connectivity index (χ4n) is 2.56. The molecule has 1 saturated heterocycles. The lowest BCUT2D eigenvalue weighted by atomic mass is 10.1. The maximum atomic E-state index is 13.4. The summed E-state index contributed by atoms with van der Waals surface area (Å²) in [5.74, 6) is 0. The van der Waals surface area contributed by atoms with Crippen LogP contribution in [0.25, 0.3) is 0 Å². The first-order valence-corrected chi connectivity index (χ1v) is 7.71. The molecular formula is C17H25FN2O2. The number of halogens is 1. The average Bonchev–Trinajstić information content (AvgIpc) is 2.47. The van der Waals surface area contributed by atoms with Crippen molar-refractivity contribution < 1.29 is 13.9 Å². The third kappa shape index (κ3) is 4.70. The van der Waals surface area contributed by atoms with Gasteiger partial charge in [0.1, 0.15) is 12.3 Å². The van der Waals surface area contributed by atoms with Gasteiger partial charge in [0.05, 0.1) is 6.04 Å². The normalized spacial score (nSPS) is 20.0. The summed E-state index contributed by atoms with van der Waals surface area (Å²) in [6.45, 7) is 7.35. The van der Waals surface area contributed by atoms with Gasteiger partial charge in [-0.05, 0) is 26.3 Å². The van der Waals surface area contributed by atoms with Crippen molar-refractivity contribution in [3.05, 3.63) is 35.9 Å². The third-order valence-corrected chi connectivity index (χ3v) is 3.66. The Morgan fingerprint density at radius 3 is 2.55 bits per heavy atom. The molecule has 1 aliphatic heterocycles. The van der Waals surface area contributed by atoms with Crippen molar-refractivity contribution in [2.45, 2.75) is 39.0 Å². The van der Waals surface area contributed by atoms with E-state index in [1.807, 2.05) is 51.1 Å². The second-order valence-electron chi connectivity index (χ2n) is 6.69. The van der Waals surface area contributed by atoms with E-state index >= 15 is 0 Å². The number of carbonyl (C=O) groups is 1. The zero-order valence-electron chi connectivity index (χ0n) is 13.6. The fourth-order valence-corrected chi connectivity index (χ4v) is 2.56. The van der Waals surface area contributed by atoms with E-state index in [0.717, 1.165) is 5.56 Å². The zero-order chi connectivity index (χ0) is 16.2. The first-order chi connectivity index (χ1) is 10.4. The van der Waals surface area contributed by atoms with Gasteiger partial charge in [0.2, 0.25) is 0 Å². The number of piperazine rings is 1. The van der Waals surface area contributed by atoms with E-state index < -0.39 is 12.3 Å². The molecule has 0 spiro atoms. The number of rotatable bonds is 3. The van der Waals surface area contributed by atoms with Gasteiger partial charge in [0, 0.05) is 26.2 Å². The second kappa shape index (κ2) is 7.09. The number of benzene rings is 1. The molecule has 0 radical (unpaired) electrons. The van der Waals surface area contributed by atoms with Gasteiger partial charge in [0.25, 0.3) is 0 Å². The van der Waals surface area contributed by atoms with Crippen LogP contribution in [0.1, 0.15) is 26.3 Å². The first-order valence-electron chi connectivity index (χ1n) is 7.71. The Labute approximate surface area is 131 Å². The molecule has 0 aromatic heterocycles. The molecular weight excluding hydrogens is 283 g/mol. The molecule has 5 heteroatoms. The van der Waals surface area contributed by atoms with Crippen molar-refractivity contribution in [1.82, 2.24) is 9.80 Å². The Bertz CT molecular complexity index is 487. The molecule has 0 N–H and O–H groups in total. The zero-order valence-corrected chi connectivity index (χ0v) is 13.6. The molecule has 22 heavy (non-hydrogen) atoms. The van der Waals surface area contributed by atoms with Crippen LogP contribution >= 0.6 is 0 Å². The summed E-state index contributed by atoms with van der Waals surface area (Å²) < 4.78 is 18.8. The Morgan fingerprint density at radius 2 is 1.95 bits per heavy atom. The topological polar surface area (TPSA) is 32.8 Å². The molecule has 1 aliphatic rings. The molecule has 1 amide bonds. The summed E-state index contributed by atoms with van der Waals surface area (Å²) in [7, 11) is 0. The number of amides is 1. The first kappa shape index (κ1) is 16.7. The van der Waals surface area contributed by atoms with Gasteiger partial charge in [0.15, 0.2) is 0 Å². The molecule has 4 nitrogen and oxygen atoms in total.